The SMILES string of the molecule is CC(C)n1ccc2c1CN(S(=O)(=O)N(C)C)Cc1cn(Cc3ccccn3)nc1-2. The molecule has 0 aliphatic carbocycles. The molecular formula is C20H26N6O2S. The standard InChI is InChI=1S/C20H26N6O2S/c1-15(2)26-10-8-18-19(26)14-25(29(27,28)23(3)4)12-16-11-24(22-20(16)18)13-17-7-5-6-9-21-17/h5-11,15H,12-14H2,1-4H3. The molecule has 0 saturated heterocycles. The van der Waals surface area contributed by atoms with Gasteiger partial charge < -0.3 is 4.57 Å². The zero-order valence-electron chi connectivity index (χ0n) is 17.1. The van der Waals surface area contributed by atoms with Crippen LogP contribution in [0.25, 0.3) is 11.3 Å². The van der Waals surface area contributed by atoms with E-state index in [1.54, 1.807) is 20.3 Å². The third kappa shape index (κ3) is 3.61. The second kappa shape index (κ2) is 7.40. The van der Waals surface area contributed by atoms with Crippen LogP contribution < -0.4 is 0 Å². The topological polar surface area (TPSA) is 76.3 Å². The Morgan fingerprint density at radius 1 is 1.17 bits per heavy atom. The van der Waals surface area contributed by atoms with E-state index < -0.39 is 10.2 Å². The Bertz CT molecular complexity index is 1120. The van der Waals surface area contributed by atoms with Crippen LogP contribution in [0.3, 0.4) is 0 Å². The quantitative estimate of drug-likeness (QED) is 0.643. The van der Waals surface area contributed by atoms with Gasteiger partial charge in [0.15, 0.2) is 0 Å². The van der Waals surface area contributed by atoms with Gasteiger partial charge in [-0.25, -0.2) is 0 Å². The first-order chi connectivity index (χ1) is 13.8. The van der Waals surface area contributed by atoms with E-state index >= 15 is 0 Å². The molecule has 0 spiro atoms. The molecule has 154 valence electrons. The van der Waals surface area contributed by atoms with Crippen molar-refractivity contribution in [2.24, 2.45) is 0 Å². The maximum atomic E-state index is 13.0. The summed E-state index contributed by atoms with van der Waals surface area (Å²) in [4.78, 5) is 4.37. The third-order valence-corrected chi connectivity index (χ3v) is 7.02. The van der Waals surface area contributed by atoms with Crippen molar-refractivity contribution >= 4 is 10.2 Å². The summed E-state index contributed by atoms with van der Waals surface area (Å²) in [6.45, 7) is 5.32. The highest BCUT2D eigenvalue weighted by molar-refractivity contribution is 7.86. The summed E-state index contributed by atoms with van der Waals surface area (Å²) in [5.74, 6) is 0. The van der Waals surface area contributed by atoms with E-state index in [2.05, 4.69) is 23.4 Å². The zero-order valence-corrected chi connectivity index (χ0v) is 18.0. The van der Waals surface area contributed by atoms with Crippen LogP contribution in [0.1, 0.15) is 36.8 Å². The predicted molar refractivity (Wildman–Crippen MR) is 111 cm³/mol. The lowest BCUT2D eigenvalue weighted by atomic mass is 10.1. The van der Waals surface area contributed by atoms with Crippen LogP contribution in [-0.4, -0.2) is 50.5 Å². The Kier molecular flexibility index (Phi) is 5.05. The van der Waals surface area contributed by atoms with Gasteiger partial charge >= 0.3 is 0 Å². The summed E-state index contributed by atoms with van der Waals surface area (Å²) < 4.78 is 32.7. The predicted octanol–water partition coefficient (Wildman–Crippen LogP) is 2.50. The molecular weight excluding hydrogens is 388 g/mol. The number of fused-ring (bicyclic) bond motifs is 3. The van der Waals surface area contributed by atoms with E-state index in [1.807, 2.05) is 41.3 Å². The van der Waals surface area contributed by atoms with Gasteiger partial charge in [-0.2, -0.15) is 22.1 Å². The minimum Gasteiger partial charge on any atom is -0.347 e. The second-order valence-electron chi connectivity index (χ2n) is 7.76. The fraction of sp³-hybridized carbons (Fsp3) is 0.400. The number of hydrogen-bond donors (Lipinski definition) is 0. The van der Waals surface area contributed by atoms with Crippen molar-refractivity contribution in [3.8, 4) is 11.3 Å². The van der Waals surface area contributed by atoms with Crippen LogP contribution in [0.15, 0.2) is 42.9 Å². The maximum absolute atomic E-state index is 13.0. The fourth-order valence-corrected chi connectivity index (χ4v) is 4.75. The van der Waals surface area contributed by atoms with E-state index in [9.17, 15) is 8.42 Å². The molecule has 0 aromatic carbocycles. The molecule has 0 fully saturated rings. The summed E-state index contributed by atoms with van der Waals surface area (Å²) in [5, 5.41) is 4.81. The maximum Gasteiger partial charge on any atom is 0.282 e. The Morgan fingerprint density at radius 2 is 1.97 bits per heavy atom. The highest BCUT2D eigenvalue weighted by Gasteiger charge is 2.33. The molecule has 0 amide bonds. The summed E-state index contributed by atoms with van der Waals surface area (Å²) >= 11 is 0. The molecule has 4 rings (SSSR count). The first-order valence-electron chi connectivity index (χ1n) is 9.61. The monoisotopic (exact) mass is 414 g/mol. The zero-order chi connectivity index (χ0) is 20.8. The highest BCUT2D eigenvalue weighted by Crippen LogP contribution is 2.35. The molecule has 8 nitrogen and oxygen atoms in total. The third-order valence-electron chi connectivity index (χ3n) is 5.18. The van der Waals surface area contributed by atoms with Crippen LogP contribution in [0.4, 0.5) is 0 Å². The molecule has 29 heavy (non-hydrogen) atoms. The Labute approximate surface area is 171 Å². The smallest absolute Gasteiger partial charge is 0.282 e. The number of rotatable bonds is 5. The van der Waals surface area contributed by atoms with Crippen LogP contribution in [0.2, 0.25) is 0 Å². The molecule has 0 N–H and O–H groups in total. The van der Waals surface area contributed by atoms with Gasteiger partial charge in [0.05, 0.1) is 24.5 Å². The van der Waals surface area contributed by atoms with E-state index in [-0.39, 0.29) is 12.6 Å². The Hall–Kier alpha value is -2.49. The molecule has 1 aliphatic rings. The van der Waals surface area contributed by atoms with E-state index in [1.165, 1.54) is 8.61 Å². The minimum atomic E-state index is -3.57. The lowest BCUT2D eigenvalue weighted by Crippen LogP contribution is -2.39. The summed E-state index contributed by atoms with van der Waals surface area (Å²) in [6, 6.07) is 8.05. The lowest BCUT2D eigenvalue weighted by Gasteiger charge is -2.25. The number of hydrogen-bond acceptors (Lipinski definition) is 4. The minimum absolute atomic E-state index is 0.222. The van der Waals surface area contributed by atoms with Gasteiger partial charge in [0.1, 0.15) is 0 Å². The first kappa shape index (κ1) is 19.8. The second-order valence-corrected chi connectivity index (χ2v) is 9.90. The van der Waals surface area contributed by atoms with Crippen molar-refractivity contribution in [1.29, 1.82) is 0 Å². The number of pyridine rings is 1. The van der Waals surface area contributed by atoms with Crippen molar-refractivity contribution < 1.29 is 8.42 Å². The molecule has 0 saturated carbocycles. The molecule has 9 heteroatoms. The Morgan fingerprint density at radius 3 is 2.62 bits per heavy atom. The average Bonchev–Trinajstić information content (AvgIpc) is 3.22. The van der Waals surface area contributed by atoms with Gasteiger partial charge in [-0.15, -0.1) is 0 Å². The molecule has 4 heterocycles. The van der Waals surface area contributed by atoms with E-state index in [0.29, 0.717) is 13.1 Å². The summed E-state index contributed by atoms with van der Waals surface area (Å²) in [6.07, 6.45) is 5.71. The molecule has 3 aromatic heterocycles. The van der Waals surface area contributed by atoms with Gasteiger partial charge in [-0.1, -0.05) is 6.07 Å². The van der Waals surface area contributed by atoms with Gasteiger partial charge in [0, 0.05) is 62.1 Å². The van der Waals surface area contributed by atoms with Crippen LogP contribution in [0, 0.1) is 0 Å². The first-order valence-corrected chi connectivity index (χ1v) is 11.0. The largest absolute Gasteiger partial charge is 0.347 e. The van der Waals surface area contributed by atoms with Gasteiger partial charge in [0.25, 0.3) is 10.2 Å². The average molecular weight is 415 g/mol. The van der Waals surface area contributed by atoms with E-state index in [4.69, 9.17) is 5.10 Å². The molecule has 0 bridgehead atoms. The fourth-order valence-electron chi connectivity index (χ4n) is 3.70. The van der Waals surface area contributed by atoms with Crippen molar-refractivity contribution in [3.63, 3.8) is 0 Å². The normalized spacial score (nSPS) is 14.8. The van der Waals surface area contributed by atoms with Crippen molar-refractivity contribution in [3.05, 3.63) is 59.8 Å². The van der Waals surface area contributed by atoms with Crippen LogP contribution >= 0.6 is 0 Å². The number of nitrogens with zero attached hydrogens (tertiary/aromatic N) is 6. The lowest BCUT2D eigenvalue weighted by molar-refractivity contribution is 0.357. The Balaban J connectivity index is 1.81. The highest BCUT2D eigenvalue weighted by atomic mass is 32.2. The van der Waals surface area contributed by atoms with Gasteiger partial charge in [-0.05, 0) is 32.0 Å². The van der Waals surface area contributed by atoms with Crippen LogP contribution in [0.5, 0.6) is 0 Å². The van der Waals surface area contributed by atoms with Crippen molar-refractivity contribution in [1.82, 2.24) is 27.9 Å². The molecule has 0 atom stereocenters. The molecule has 1 aliphatic heterocycles. The van der Waals surface area contributed by atoms with Crippen molar-refractivity contribution in [2.75, 3.05) is 14.1 Å². The molecule has 3 aromatic rings. The number of aromatic nitrogens is 4. The van der Waals surface area contributed by atoms with E-state index in [0.717, 1.165) is 28.2 Å². The van der Waals surface area contributed by atoms with Crippen molar-refractivity contribution in [2.45, 2.75) is 39.5 Å². The molecule has 0 unspecified atom stereocenters. The van der Waals surface area contributed by atoms with Gasteiger partial charge in [-0.3, -0.25) is 9.67 Å². The summed E-state index contributed by atoms with van der Waals surface area (Å²) in [7, 11) is -0.448. The van der Waals surface area contributed by atoms with Crippen LogP contribution in [-0.2, 0) is 29.8 Å². The molecule has 0 radical (unpaired) electrons. The summed E-state index contributed by atoms with van der Waals surface area (Å²) in [5.41, 5.74) is 4.60. The van der Waals surface area contributed by atoms with Gasteiger partial charge in [0.2, 0.25) is 0 Å².